The van der Waals surface area contributed by atoms with E-state index in [1.807, 2.05) is 4.98 Å². The summed E-state index contributed by atoms with van der Waals surface area (Å²) in [5.41, 5.74) is -1.50. The predicted molar refractivity (Wildman–Crippen MR) is 67.5 cm³/mol. The molecule has 7 nitrogen and oxygen atoms in total. The first-order valence-electron chi connectivity index (χ1n) is 4.79. The smallest absolute Gasteiger partial charge is 0.309 e. The van der Waals surface area contributed by atoms with Crippen molar-refractivity contribution in [2.45, 2.75) is 11.1 Å². The minimum Gasteiger partial charge on any atom is -0.309 e. The molecule has 0 bridgehead atoms. The molecule has 0 aliphatic heterocycles. The third-order valence-electron chi connectivity index (χ3n) is 2.13. The van der Waals surface area contributed by atoms with Crippen molar-refractivity contribution >= 4 is 27.0 Å². The molecule has 0 aliphatic rings. The highest BCUT2D eigenvalue weighted by Crippen LogP contribution is 2.18. The van der Waals surface area contributed by atoms with E-state index in [4.69, 9.17) is 0 Å². The zero-order valence-electron chi connectivity index (χ0n) is 9.18. The van der Waals surface area contributed by atoms with E-state index in [9.17, 15) is 18.0 Å². The second kappa shape index (κ2) is 4.42. The van der Waals surface area contributed by atoms with E-state index in [1.165, 1.54) is 13.0 Å². The van der Waals surface area contributed by atoms with Gasteiger partial charge in [0, 0.05) is 5.69 Å². The van der Waals surface area contributed by atoms with E-state index in [0.717, 1.165) is 11.3 Å². The number of hydrogen-bond acceptors (Lipinski definition) is 5. The number of sulfonamides is 1. The number of hydrogen-bond donors (Lipinski definition) is 3. The van der Waals surface area contributed by atoms with E-state index in [1.54, 1.807) is 11.4 Å². The van der Waals surface area contributed by atoms with Gasteiger partial charge in [-0.25, -0.2) is 13.2 Å². The Morgan fingerprint density at radius 1 is 1.28 bits per heavy atom. The summed E-state index contributed by atoms with van der Waals surface area (Å²) in [6, 6.07) is 3.01. The van der Waals surface area contributed by atoms with Crippen molar-refractivity contribution in [3.63, 3.8) is 0 Å². The molecule has 2 aromatic heterocycles. The molecule has 2 rings (SSSR count). The normalized spacial score (nSPS) is 11.4. The van der Waals surface area contributed by atoms with Gasteiger partial charge in [-0.05, 0) is 18.4 Å². The van der Waals surface area contributed by atoms with E-state index < -0.39 is 21.3 Å². The number of rotatable bonds is 3. The molecule has 0 amide bonds. The van der Waals surface area contributed by atoms with Crippen molar-refractivity contribution in [3.8, 4) is 0 Å². The summed E-state index contributed by atoms with van der Waals surface area (Å²) in [7, 11) is -3.80. The first kappa shape index (κ1) is 12.6. The zero-order valence-corrected chi connectivity index (χ0v) is 10.8. The molecular formula is C9H9N3O4S2. The zero-order chi connectivity index (χ0) is 13.3. The maximum Gasteiger partial charge on any atom is 0.326 e. The molecule has 0 saturated heterocycles. The van der Waals surface area contributed by atoms with Gasteiger partial charge in [0.2, 0.25) is 0 Å². The van der Waals surface area contributed by atoms with Crippen molar-refractivity contribution in [1.82, 2.24) is 9.97 Å². The van der Waals surface area contributed by atoms with E-state index in [0.29, 0.717) is 0 Å². The molecule has 0 saturated carbocycles. The molecule has 2 aromatic rings. The Bertz CT molecular complexity index is 771. The van der Waals surface area contributed by atoms with Crippen LogP contribution in [-0.2, 0) is 10.0 Å². The summed E-state index contributed by atoms with van der Waals surface area (Å²) in [5, 5.41) is 1.61. The first-order chi connectivity index (χ1) is 8.40. The Morgan fingerprint density at radius 3 is 2.56 bits per heavy atom. The van der Waals surface area contributed by atoms with Gasteiger partial charge in [-0.2, -0.15) is 0 Å². The molecule has 18 heavy (non-hydrogen) atoms. The predicted octanol–water partition coefficient (Wildman–Crippen LogP) is 0.234. The number of aromatic amines is 2. The van der Waals surface area contributed by atoms with Crippen molar-refractivity contribution in [2.24, 2.45) is 0 Å². The van der Waals surface area contributed by atoms with Crippen molar-refractivity contribution < 1.29 is 8.42 Å². The van der Waals surface area contributed by atoms with Gasteiger partial charge in [0.05, 0.1) is 0 Å². The summed E-state index contributed by atoms with van der Waals surface area (Å²) in [6.45, 7) is 1.43. The standard InChI is InChI=1S/C9H9N3O4S2/c1-5-7(8(13)11-9(14)10-5)12-18(15,16)6-3-2-4-17-6/h2-4,12H,1H3,(H2,10,11,13,14). The number of nitrogens with one attached hydrogen (secondary N) is 3. The maximum absolute atomic E-state index is 11.9. The van der Waals surface area contributed by atoms with Crippen LogP contribution in [0.2, 0.25) is 0 Å². The molecule has 0 atom stereocenters. The average molecular weight is 287 g/mol. The molecule has 96 valence electrons. The van der Waals surface area contributed by atoms with Crippen molar-refractivity contribution in [3.05, 3.63) is 44.0 Å². The minimum atomic E-state index is -3.80. The average Bonchev–Trinajstić information content (AvgIpc) is 2.77. The van der Waals surface area contributed by atoms with Crippen LogP contribution >= 0.6 is 11.3 Å². The van der Waals surface area contributed by atoms with Gasteiger partial charge in [-0.15, -0.1) is 11.3 Å². The second-order valence-corrected chi connectivity index (χ2v) is 6.30. The summed E-state index contributed by atoms with van der Waals surface area (Å²) >= 11 is 1.03. The Labute approximate surface area is 106 Å². The second-order valence-electron chi connectivity index (χ2n) is 3.45. The fraction of sp³-hybridized carbons (Fsp3) is 0.111. The van der Waals surface area contributed by atoms with Gasteiger partial charge in [0.25, 0.3) is 15.6 Å². The lowest BCUT2D eigenvalue weighted by Crippen LogP contribution is -2.28. The highest BCUT2D eigenvalue weighted by atomic mass is 32.2. The first-order valence-corrected chi connectivity index (χ1v) is 7.16. The number of aromatic nitrogens is 2. The number of anilines is 1. The Morgan fingerprint density at radius 2 is 2.00 bits per heavy atom. The molecule has 0 spiro atoms. The van der Waals surface area contributed by atoms with Crippen molar-refractivity contribution in [2.75, 3.05) is 4.72 Å². The summed E-state index contributed by atoms with van der Waals surface area (Å²) in [6.07, 6.45) is 0. The Kier molecular flexibility index (Phi) is 3.09. The minimum absolute atomic E-state index is 0.0903. The highest BCUT2D eigenvalue weighted by molar-refractivity contribution is 7.94. The summed E-state index contributed by atoms with van der Waals surface area (Å²) < 4.78 is 26.1. The monoisotopic (exact) mass is 287 g/mol. The van der Waals surface area contributed by atoms with Crippen molar-refractivity contribution in [1.29, 1.82) is 0 Å². The topological polar surface area (TPSA) is 112 Å². The SMILES string of the molecule is Cc1[nH]c(=O)[nH]c(=O)c1NS(=O)(=O)c1cccs1. The van der Waals surface area contributed by atoms with Crippen LogP contribution in [0, 0.1) is 6.92 Å². The largest absolute Gasteiger partial charge is 0.326 e. The van der Waals surface area contributed by atoms with E-state index in [2.05, 4.69) is 9.71 Å². The van der Waals surface area contributed by atoms with Gasteiger partial charge >= 0.3 is 5.69 Å². The third-order valence-corrected chi connectivity index (χ3v) is 4.87. The molecule has 9 heteroatoms. The number of H-pyrrole nitrogens is 2. The van der Waals surface area contributed by atoms with Crippen LogP contribution < -0.4 is 16.0 Å². The number of aryl methyl sites for hydroxylation is 1. The molecule has 0 unspecified atom stereocenters. The number of thiophene rings is 1. The Balaban J connectivity index is 2.48. The highest BCUT2D eigenvalue weighted by Gasteiger charge is 2.18. The molecular weight excluding hydrogens is 278 g/mol. The molecule has 0 aliphatic carbocycles. The summed E-state index contributed by atoms with van der Waals surface area (Å²) in [5.74, 6) is 0. The molecule has 0 fully saturated rings. The van der Waals surface area contributed by atoms with Crippen LogP contribution in [0.5, 0.6) is 0 Å². The summed E-state index contributed by atoms with van der Waals surface area (Å²) in [4.78, 5) is 26.8. The maximum atomic E-state index is 11.9. The van der Waals surface area contributed by atoms with Crippen LogP contribution in [0.3, 0.4) is 0 Å². The van der Waals surface area contributed by atoms with E-state index >= 15 is 0 Å². The lowest BCUT2D eigenvalue weighted by molar-refractivity contribution is 0.603. The molecule has 3 N–H and O–H groups in total. The van der Waals surface area contributed by atoms with E-state index in [-0.39, 0.29) is 15.6 Å². The van der Waals surface area contributed by atoms with Gasteiger partial charge in [-0.3, -0.25) is 14.5 Å². The van der Waals surface area contributed by atoms with Gasteiger partial charge in [-0.1, -0.05) is 6.07 Å². The van der Waals surface area contributed by atoms with Crippen LogP contribution in [-0.4, -0.2) is 18.4 Å². The van der Waals surface area contributed by atoms with Crippen LogP contribution in [0.25, 0.3) is 0 Å². The quantitative estimate of drug-likeness (QED) is 0.750. The van der Waals surface area contributed by atoms with Crippen LogP contribution in [0.15, 0.2) is 31.3 Å². The fourth-order valence-electron chi connectivity index (χ4n) is 1.32. The molecule has 0 aromatic carbocycles. The van der Waals surface area contributed by atoms with Gasteiger partial charge in [0.1, 0.15) is 9.90 Å². The Hall–Kier alpha value is -1.87. The fourth-order valence-corrected chi connectivity index (χ4v) is 3.44. The lowest BCUT2D eigenvalue weighted by Gasteiger charge is -2.07. The van der Waals surface area contributed by atoms with Crippen LogP contribution in [0.4, 0.5) is 5.69 Å². The van der Waals surface area contributed by atoms with Crippen LogP contribution in [0.1, 0.15) is 5.69 Å². The molecule has 0 radical (unpaired) electrons. The van der Waals surface area contributed by atoms with Gasteiger partial charge in [0.15, 0.2) is 0 Å². The molecule has 2 heterocycles. The lowest BCUT2D eigenvalue weighted by atomic mass is 10.4. The van der Waals surface area contributed by atoms with Gasteiger partial charge < -0.3 is 4.98 Å². The third kappa shape index (κ3) is 2.36.